The van der Waals surface area contributed by atoms with Gasteiger partial charge >= 0.3 is 0 Å². The summed E-state index contributed by atoms with van der Waals surface area (Å²) in [6.07, 6.45) is 3.08. The van der Waals surface area contributed by atoms with E-state index >= 15 is 0 Å². The summed E-state index contributed by atoms with van der Waals surface area (Å²) in [7, 11) is 0. The Morgan fingerprint density at radius 2 is 2.11 bits per heavy atom. The Hall–Kier alpha value is -1.50. The Bertz CT molecular complexity index is 496. The highest BCUT2D eigenvalue weighted by Crippen LogP contribution is 2.56. The minimum atomic E-state index is -2.32. The van der Waals surface area contributed by atoms with Gasteiger partial charge in [-0.15, -0.1) is 0 Å². The Morgan fingerprint density at radius 3 is 2.53 bits per heavy atom. The maximum atomic E-state index is 12.9. The van der Waals surface area contributed by atoms with E-state index in [0.29, 0.717) is 18.8 Å². The number of alkyl halides is 2. The van der Waals surface area contributed by atoms with Gasteiger partial charge in [-0.2, -0.15) is 5.26 Å². The van der Waals surface area contributed by atoms with Crippen molar-refractivity contribution in [1.29, 1.82) is 5.26 Å². The van der Waals surface area contributed by atoms with Crippen LogP contribution in [0.3, 0.4) is 0 Å². The summed E-state index contributed by atoms with van der Waals surface area (Å²) >= 11 is 0. The van der Waals surface area contributed by atoms with Gasteiger partial charge in [-0.05, 0) is 43.7 Å². The molecule has 4 heteroatoms. The van der Waals surface area contributed by atoms with Crippen LogP contribution in [-0.4, -0.2) is 11.4 Å². The molecule has 1 heterocycles. The van der Waals surface area contributed by atoms with Crippen LogP contribution in [-0.2, 0) is 0 Å². The summed E-state index contributed by atoms with van der Waals surface area (Å²) in [4.78, 5) is 4.37. The van der Waals surface area contributed by atoms with Gasteiger partial charge in [0.15, 0.2) is 0 Å². The van der Waals surface area contributed by atoms with Crippen LogP contribution in [0, 0.1) is 16.7 Å². The minimum absolute atomic E-state index is 0.256. The lowest BCUT2D eigenvalue weighted by atomic mass is 9.88. The smallest absolute Gasteiger partial charge is 0.244 e. The fourth-order valence-electron chi connectivity index (χ4n) is 2.56. The first-order chi connectivity index (χ1) is 9.14. The van der Waals surface area contributed by atoms with Gasteiger partial charge in [0.1, 0.15) is 0 Å². The highest BCUT2D eigenvalue weighted by molar-refractivity contribution is 5.27. The molecular weight excluding hydrogens is 246 g/mol. The topological polar surface area (TPSA) is 36.7 Å². The monoisotopic (exact) mass is 262 g/mol. The van der Waals surface area contributed by atoms with Crippen LogP contribution >= 0.6 is 0 Å². The Balaban J connectivity index is 1.73. The molecule has 0 aliphatic heterocycles. The highest BCUT2D eigenvalue weighted by atomic mass is 19.3. The lowest BCUT2D eigenvalue weighted by molar-refractivity contribution is 0.0547. The molecule has 1 atom stereocenters. The second kappa shape index (κ2) is 4.56. The quantitative estimate of drug-likeness (QED) is 0.804. The van der Waals surface area contributed by atoms with Crippen LogP contribution in [0.4, 0.5) is 8.78 Å². The SMILES string of the molecule is N#CC(CC1(C(F)F)CC1)c1ccc(C2CC2)nc1. The molecule has 0 N–H and O–H groups in total. The van der Waals surface area contributed by atoms with E-state index in [4.69, 9.17) is 0 Å². The van der Waals surface area contributed by atoms with E-state index in [1.165, 1.54) is 12.8 Å². The third-order valence-electron chi connectivity index (χ3n) is 4.33. The zero-order chi connectivity index (χ0) is 13.5. The van der Waals surface area contributed by atoms with Crippen LogP contribution in [0.1, 0.15) is 55.2 Å². The summed E-state index contributed by atoms with van der Waals surface area (Å²) in [5.41, 5.74) is 0.935. The predicted octanol–water partition coefficient (Wildman–Crippen LogP) is 4.00. The third-order valence-corrected chi connectivity index (χ3v) is 4.33. The van der Waals surface area contributed by atoms with Crippen LogP contribution in [0.2, 0.25) is 0 Å². The molecule has 1 aromatic rings. The number of halogens is 2. The van der Waals surface area contributed by atoms with Gasteiger partial charge in [-0.25, -0.2) is 8.78 Å². The molecule has 0 bridgehead atoms. The van der Waals surface area contributed by atoms with Crippen molar-refractivity contribution in [2.75, 3.05) is 0 Å². The van der Waals surface area contributed by atoms with Crippen LogP contribution in [0.15, 0.2) is 18.3 Å². The lowest BCUT2D eigenvalue weighted by Gasteiger charge is -2.17. The van der Waals surface area contributed by atoms with Gasteiger partial charge in [0.05, 0.1) is 12.0 Å². The van der Waals surface area contributed by atoms with Crippen LogP contribution in [0.25, 0.3) is 0 Å². The first kappa shape index (κ1) is 12.5. The standard InChI is InChI=1S/C15H16F2N2/c16-14(17)15(5-6-15)7-12(8-18)11-3-4-13(19-9-11)10-1-2-10/h3-4,9-10,12,14H,1-2,5-7H2. The van der Waals surface area contributed by atoms with E-state index in [0.717, 1.165) is 11.3 Å². The van der Waals surface area contributed by atoms with E-state index in [-0.39, 0.29) is 6.42 Å². The Morgan fingerprint density at radius 1 is 1.37 bits per heavy atom. The van der Waals surface area contributed by atoms with Crippen molar-refractivity contribution < 1.29 is 8.78 Å². The van der Waals surface area contributed by atoms with Crippen molar-refractivity contribution >= 4 is 0 Å². The largest absolute Gasteiger partial charge is 0.261 e. The van der Waals surface area contributed by atoms with Gasteiger partial charge in [-0.3, -0.25) is 4.98 Å². The minimum Gasteiger partial charge on any atom is -0.261 e. The fraction of sp³-hybridized carbons (Fsp3) is 0.600. The van der Waals surface area contributed by atoms with Gasteiger partial charge in [-0.1, -0.05) is 6.07 Å². The van der Waals surface area contributed by atoms with Crippen molar-refractivity contribution in [3.8, 4) is 6.07 Å². The lowest BCUT2D eigenvalue weighted by Crippen LogP contribution is -2.16. The maximum absolute atomic E-state index is 12.9. The molecule has 0 saturated heterocycles. The summed E-state index contributed by atoms with van der Waals surface area (Å²) in [6.45, 7) is 0. The second-order valence-corrected chi connectivity index (χ2v) is 5.84. The molecule has 2 aliphatic rings. The van der Waals surface area contributed by atoms with E-state index in [1.807, 2.05) is 12.1 Å². The molecule has 100 valence electrons. The molecule has 2 fully saturated rings. The molecule has 2 aliphatic carbocycles. The number of hydrogen-bond acceptors (Lipinski definition) is 2. The van der Waals surface area contributed by atoms with Gasteiger partial charge in [0, 0.05) is 23.2 Å². The van der Waals surface area contributed by atoms with Gasteiger partial charge in [0.2, 0.25) is 6.43 Å². The molecule has 19 heavy (non-hydrogen) atoms. The average molecular weight is 262 g/mol. The number of rotatable bonds is 5. The van der Waals surface area contributed by atoms with E-state index in [2.05, 4.69) is 11.1 Å². The van der Waals surface area contributed by atoms with Gasteiger partial charge < -0.3 is 0 Å². The Labute approximate surface area is 111 Å². The Kier molecular flexibility index (Phi) is 3.00. The molecule has 0 aromatic carbocycles. The molecule has 0 amide bonds. The normalized spacial score (nSPS) is 22.0. The first-order valence-corrected chi connectivity index (χ1v) is 6.78. The van der Waals surface area contributed by atoms with Crippen molar-refractivity contribution in [2.45, 2.75) is 50.4 Å². The summed E-state index contributed by atoms with van der Waals surface area (Å²) < 4.78 is 25.9. The molecule has 2 saturated carbocycles. The number of pyridine rings is 1. The second-order valence-electron chi connectivity index (χ2n) is 5.84. The van der Waals surface area contributed by atoms with Gasteiger partial charge in [0.25, 0.3) is 0 Å². The third kappa shape index (κ3) is 2.47. The highest BCUT2D eigenvalue weighted by Gasteiger charge is 2.52. The summed E-state index contributed by atoms with van der Waals surface area (Å²) in [5.74, 6) is 0.114. The zero-order valence-corrected chi connectivity index (χ0v) is 10.6. The molecule has 2 nitrogen and oxygen atoms in total. The number of nitrogens with zero attached hydrogens (tertiary/aromatic N) is 2. The fourth-order valence-corrected chi connectivity index (χ4v) is 2.56. The first-order valence-electron chi connectivity index (χ1n) is 6.78. The van der Waals surface area contributed by atoms with Crippen molar-refractivity contribution in [3.05, 3.63) is 29.6 Å². The van der Waals surface area contributed by atoms with E-state index in [9.17, 15) is 14.0 Å². The predicted molar refractivity (Wildman–Crippen MR) is 66.9 cm³/mol. The summed E-state index contributed by atoms with van der Waals surface area (Å²) in [5, 5.41) is 9.22. The molecule has 1 unspecified atom stereocenters. The summed E-state index contributed by atoms with van der Waals surface area (Å²) in [6, 6.07) is 5.99. The van der Waals surface area contributed by atoms with E-state index < -0.39 is 17.8 Å². The number of aromatic nitrogens is 1. The average Bonchev–Trinajstić information content (AvgIpc) is 3.29. The number of hydrogen-bond donors (Lipinski definition) is 0. The molecule has 3 rings (SSSR count). The maximum Gasteiger partial charge on any atom is 0.244 e. The zero-order valence-electron chi connectivity index (χ0n) is 10.6. The van der Waals surface area contributed by atoms with E-state index in [1.54, 1.807) is 6.20 Å². The van der Waals surface area contributed by atoms with Crippen LogP contribution in [0.5, 0.6) is 0 Å². The molecule has 0 radical (unpaired) electrons. The molecule has 0 spiro atoms. The van der Waals surface area contributed by atoms with Crippen molar-refractivity contribution in [2.24, 2.45) is 5.41 Å². The number of nitriles is 1. The van der Waals surface area contributed by atoms with Crippen LogP contribution < -0.4 is 0 Å². The molecular formula is C15H16F2N2. The van der Waals surface area contributed by atoms with Crippen molar-refractivity contribution in [3.63, 3.8) is 0 Å². The molecule has 1 aromatic heterocycles. The van der Waals surface area contributed by atoms with Crippen molar-refractivity contribution in [1.82, 2.24) is 4.98 Å².